The summed E-state index contributed by atoms with van der Waals surface area (Å²) in [6.07, 6.45) is 1.76. The molecule has 0 bridgehead atoms. The molecule has 0 aliphatic heterocycles. The highest BCUT2D eigenvalue weighted by Crippen LogP contribution is 2.43. The first-order valence-corrected chi connectivity index (χ1v) is 10.2. The average molecular weight is 423 g/mol. The molecule has 0 radical (unpaired) electrons. The second-order valence-electron chi connectivity index (χ2n) is 6.20. The van der Waals surface area contributed by atoms with Crippen molar-refractivity contribution in [1.82, 2.24) is 9.78 Å². The molecular formula is C23H19ClN2O2S. The monoisotopic (exact) mass is 422 g/mol. The molecule has 0 fully saturated rings. The van der Waals surface area contributed by atoms with Gasteiger partial charge in [0.15, 0.2) is 0 Å². The number of rotatable bonds is 6. The minimum absolute atomic E-state index is 0.629. The van der Waals surface area contributed by atoms with Gasteiger partial charge in [0.2, 0.25) is 0 Å². The van der Waals surface area contributed by atoms with E-state index in [1.807, 2.05) is 59.3 Å². The quantitative estimate of drug-likeness (QED) is 0.362. The van der Waals surface area contributed by atoms with Crippen LogP contribution in [0.1, 0.15) is 0 Å². The predicted octanol–water partition coefficient (Wildman–Crippen LogP) is 6.36. The molecule has 6 heteroatoms. The zero-order chi connectivity index (χ0) is 20.2. The maximum atomic E-state index is 6.42. The fourth-order valence-corrected chi connectivity index (χ4v) is 4.27. The van der Waals surface area contributed by atoms with E-state index in [1.54, 1.807) is 32.2 Å². The van der Waals surface area contributed by atoms with E-state index in [2.05, 4.69) is 23.3 Å². The molecule has 0 saturated carbocycles. The highest BCUT2D eigenvalue weighted by atomic mass is 35.5. The fraction of sp³-hybridized carbons (Fsp3) is 0.0870. The van der Waals surface area contributed by atoms with E-state index in [1.165, 1.54) is 0 Å². The van der Waals surface area contributed by atoms with Gasteiger partial charge < -0.3 is 9.47 Å². The van der Waals surface area contributed by atoms with Crippen LogP contribution in [0.4, 0.5) is 0 Å². The van der Waals surface area contributed by atoms with Crippen LogP contribution in [-0.2, 0) is 0 Å². The van der Waals surface area contributed by atoms with Crippen LogP contribution >= 0.6 is 23.4 Å². The van der Waals surface area contributed by atoms with E-state index in [0.717, 1.165) is 32.5 Å². The third-order valence-corrected chi connectivity index (χ3v) is 5.82. The number of hydrogen-bond acceptors (Lipinski definition) is 4. The normalized spacial score (nSPS) is 10.7. The molecule has 146 valence electrons. The van der Waals surface area contributed by atoms with Gasteiger partial charge in [0.1, 0.15) is 11.5 Å². The Hall–Kier alpha value is -2.89. The molecule has 0 unspecified atom stereocenters. The fourth-order valence-electron chi connectivity index (χ4n) is 3.09. The summed E-state index contributed by atoms with van der Waals surface area (Å²) in [5, 5.41) is 5.12. The van der Waals surface area contributed by atoms with Crippen molar-refractivity contribution in [3.05, 3.63) is 84.0 Å². The summed E-state index contributed by atoms with van der Waals surface area (Å²) in [5.74, 6) is 1.45. The van der Waals surface area contributed by atoms with Crippen LogP contribution < -0.4 is 9.47 Å². The van der Waals surface area contributed by atoms with Gasteiger partial charge in [0.05, 0.1) is 41.7 Å². The number of methoxy groups -OCH3 is 2. The van der Waals surface area contributed by atoms with Crippen molar-refractivity contribution >= 4 is 23.4 Å². The number of aromatic nitrogens is 2. The lowest BCUT2D eigenvalue weighted by Gasteiger charge is -2.16. The first kappa shape index (κ1) is 19.4. The summed E-state index contributed by atoms with van der Waals surface area (Å²) in [7, 11) is 3.32. The second-order valence-corrected chi connectivity index (χ2v) is 7.72. The van der Waals surface area contributed by atoms with Crippen LogP contribution in [0, 0.1) is 0 Å². The zero-order valence-electron chi connectivity index (χ0n) is 16.0. The Bertz CT molecular complexity index is 1130. The Kier molecular flexibility index (Phi) is 5.79. The smallest absolute Gasteiger partial charge is 0.136 e. The molecule has 0 atom stereocenters. The first-order valence-electron chi connectivity index (χ1n) is 8.99. The van der Waals surface area contributed by atoms with Crippen LogP contribution in [0.15, 0.2) is 88.8 Å². The topological polar surface area (TPSA) is 36.3 Å². The van der Waals surface area contributed by atoms with Gasteiger partial charge in [0, 0.05) is 16.5 Å². The molecule has 3 aromatic carbocycles. The van der Waals surface area contributed by atoms with E-state index in [4.69, 9.17) is 21.1 Å². The minimum atomic E-state index is 0.629. The number of benzene rings is 3. The van der Waals surface area contributed by atoms with Crippen molar-refractivity contribution < 1.29 is 9.47 Å². The van der Waals surface area contributed by atoms with E-state index in [0.29, 0.717) is 10.8 Å². The Morgan fingerprint density at radius 2 is 1.59 bits per heavy atom. The van der Waals surface area contributed by atoms with Crippen molar-refractivity contribution in [3.8, 4) is 28.4 Å². The highest BCUT2D eigenvalue weighted by Gasteiger charge is 2.18. The Morgan fingerprint density at radius 3 is 2.31 bits per heavy atom. The molecule has 1 heterocycles. The largest absolute Gasteiger partial charge is 0.496 e. The van der Waals surface area contributed by atoms with Crippen molar-refractivity contribution in [3.63, 3.8) is 0 Å². The van der Waals surface area contributed by atoms with E-state index >= 15 is 0 Å². The summed E-state index contributed by atoms with van der Waals surface area (Å²) in [6.45, 7) is 0. The van der Waals surface area contributed by atoms with Gasteiger partial charge in [-0.2, -0.15) is 5.10 Å². The molecule has 4 aromatic rings. The van der Waals surface area contributed by atoms with Crippen molar-refractivity contribution in [2.24, 2.45) is 0 Å². The summed E-state index contributed by atoms with van der Waals surface area (Å²) >= 11 is 8.06. The van der Waals surface area contributed by atoms with Gasteiger partial charge in [0.25, 0.3) is 0 Å². The molecule has 0 aliphatic rings. The number of hydrogen-bond donors (Lipinski definition) is 0. The Balaban J connectivity index is 1.85. The predicted molar refractivity (Wildman–Crippen MR) is 118 cm³/mol. The number of halogens is 1. The lowest BCUT2D eigenvalue weighted by Crippen LogP contribution is -2.01. The first-order chi connectivity index (χ1) is 14.2. The van der Waals surface area contributed by atoms with Crippen molar-refractivity contribution in [2.45, 2.75) is 9.79 Å². The number of ether oxygens (including phenoxy) is 2. The molecule has 4 rings (SSSR count). The third kappa shape index (κ3) is 3.97. The van der Waals surface area contributed by atoms with Crippen LogP contribution in [0.25, 0.3) is 16.9 Å². The maximum absolute atomic E-state index is 6.42. The van der Waals surface area contributed by atoms with Gasteiger partial charge >= 0.3 is 0 Å². The second kappa shape index (κ2) is 8.64. The molecule has 29 heavy (non-hydrogen) atoms. The van der Waals surface area contributed by atoms with Gasteiger partial charge in [-0.1, -0.05) is 53.7 Å². The Labute approximate surface area is 179 Å². The van der Waals surface area contributed by atoms with Crippen LogP contribution in [-0.4, -0.2) is 24.0 Å². The molecule has 4 nitrogen and oxygen atoms in total. The number of nitrogens with zero attached hydrogens (tertiary/aromatic N) is 2. The van der Waals surface area contributed by atoms with E-state index in [-0.39, 0.29) is 0 Å². The molecule has 0 N–H and O–H groups in total. The SMILES string of the molecule is COc1cc(OC)c(-c2ccnn2-c2ccccc2Cl)cc1Sc1ccccc1. The summed E-state index contributed by atoms with van der Waals surface area (Å²) in [5.41, 5.74) is 2.60. The van der Waals surface area contributed by atoms with Crippen LogP contribution in [0.2, 0.25) is 5.02 Å². The summed E-state index contributed by atoms with van der Waals surface area (Å²) in [6, 6.07) is 23.7. The van der Waals surface area contributed by atoms with E-state index < -0.39 is 0 Å². The molecule has 0 amide bonds. The maximum Gasteiger partial charge on any atom is 0.136 e. The van der Waals surface area contributed by atoms with Crippen molar-refractivity contribution in [1.29, 1.82) is 0 Å². The van der Waals surface area contributed by atoms with Gasteiger partial charge in [-0.3, -0.25) is 0 Å². The molecule has 1 aromatic heterocycles. The lowest BCUT2D eigenvalue weighted by atomic mass is 10.1. The third-order valence-electron chi connectivity index (χ3n) is 4.46. The molecule has 0 spiro atoms. The van der Waals surface area contributed by atoms with Crippen LogP contribution in [0.3, 0.4) is 0 Å². The summed E-state index contributed by atoms with van der Waals surface area (Å²) in [4.78, 5) is 2.11. The summed E-state index contributed by atoms with van der Waals surface area (Å²) < 4.78 is 13.1. The van der Waals surface area contributed by atoms with Gasteiger partial charge in [-0.05, 0) is 36.4 Å². The van der Waals surface area contributed by atoms with Crippen molar-refractivity contribution in [2.75, 3.05) is 14.2 Å². The minimum Gasteiger partial charge on any atom is -0.496 e. The lowest BCUT2D eigenvalue weighted by molar-refractivity contribution is 0.388. The number of para-hydroxylation sites is 1. The van der Waals surface area contributed by atoms with Gasteiger partial charge in [-0.15, -0.1) is 0 Å². The molecular weight excluding hydrogens is 404 g/mol. The standard InChI is InChI=1S/C23H19ClN2O2S/c1-27-21-15-22(28-2)23(29-16-8-4-3-5-9-16)14-17(21)19-12-13-25-26(19)20-11-7-6-10-18(20)24/h3-15H,1-2H3. The molecule has 0 saturated heterocycles. The van der Waals surface area contributed by atoms with Crippen LogP contribution in [0.5, 0.6) is 11.5 Å². The highest BCUT2D eigenvalue weighted by molar-refractivity contribution is 7.99. The van der Waals surface area contributed by atoms with Gasteiger partial charge in [-0.25, -0.2) is 4.68 Å². The van der Waals surface area contributed by atoms with E-state index in [9.17, 15) is 0 Å². The zero-order valence-corrected chi connectivity index (χ0v) is 17.6. The molecule has 0 aliphatic carbocycles. The average Bonchev–Trinajstić information content (AvgIpc) is 3.24. The Morgan fingerprint density at radius 1 is 0.862 bits per heavy atom.